The van der Waals surface area contributed by atoms with Gasteiger partial charge in [-0.15, -0.1) is 24.8 Å². The number of piperazine rings is 1. The molecule has 2 aromatic carbocycles. The van der Waals surface area contributed by atoms with Crippen LogP contribution in [0.3, 0.4) is 0 Å². The molecule has 4 nitrogen and oxygen atoms in total. The van der Waals surface area contributed by atoms with Crippen molar-refractivity contribution < 1.29 is 9.84 Å². The Hall–Kier alpha value is -1.30. The van der Waals surface area contributed by atoms with Crippen LogP contribution in [0.1, 0.15) is 62.2 Å². The molecule has 1 saturated carbocycles. The largest absolute Gasteiger partial charge is 0.486 e. The molecule has 1 N–H and O–H groups in total. The van der Waals surface area contributed by atoms with E-state index in [4.69, 9.17) is 4.74 Å². The van der Waals surface area contributed by atoms with Gasteiger partial charge >= 0.3 is 0 Å². The van der Waals surface area contributed by atoms with Gasteiger partial charge in [0.2, 0.25) is 0 Å². The summed E-state index contributed by atoms with van der Waals surface area (Å²) in [6, 6.07) is 18.9. The van der Waals surface area contributed by atoms with E-state index in [1.165, 1.54) is 17.5 Å². The third kappa shape index (κ3) is 7.34. The first-order chi connectivity index (χ1) is 15.0. The average Bonchev–Trinajstić information content (AvgIpc) is 2.80. The van der Waals surface area contributed by atoms with Crippen molar-refractivity contribution in [2.45, 2.75) is 56.7 Å². The van der Waals surface area contributed by atoms with Crippen LogP contribution >= 0.6 is 24.8 Å². The Morgan fingerprint density at radius 1 is 0.848 bits per heavy atom. The lowest BCUT2D eigenvalue weighted by Crippen LogP contribution is -2.50. The summed E-state index contributed by atoms with van der Waals surface area (Å²) < 4.78 is 6.19. The number of benzene rings is 2. The standard InChI is InChI=1S/C27H38N2O2.2ClH/c1-22(23-9-5-3-6-10-23)31-25-13-11-24(12-14-25)26(27(30)15-7-4-8-16-27)21-29-19-17-28(2)18-20-29;;/h3,5-6,9-14,22,26,30H,4,7-8,15-21H2,1-2H3;2*1H/t22-,26?;;/m0../s1. The lowest BCUT2D eigenvalue weighted by atomic mass is 9.72. The van der Waals surface area contributed by atoms with Crippen molar-refractivity contribution in [1.82, 2.24) is 9.80 Å². The van der Waals surface area contributed by atoms with Gasteiger partial charge in [-0.1, -0.05) is 61.7 Å². The summed E-state index contributed by atoms with van der Waals surface area (Å²) in [6.45, 7) is 7.40. The maximum atomic E-state index is 11.7. The molecule has 1 aliphatic heterocycles. The summed E-state index contributed by atoms with van der Waals surface area (Å²) in [5.41, 5.74) is 1.82. The van der Waals surface area contributed by atoms with Gasteiger partial charge in [0.1, 0.15) is 11.9 Å². The Morgan fingerprint density at radius 2 is 1.45 bits per heavy atom. The van der Waals surface area contributed by atoms with E-state index in [-0.39, 0.29) is 36.8 Å². The Labute approximate surface area is 212 Å². The van der Waals surface area contributed by atoms with Gasteiger partial charge in [0.15, 0.2) is 0 Å². The highest BCUT2D eigenvalue weighted by Gasteiger charge is 2.39. The van der Waals surface area contributed by atoms with Gasteiger partial charge in [-0.3, -0.25) is 0 Å². The molecule has 1 heterocycles. The second-order valence-corrected chi connectivity index (χ2v) is 9.56. The summed E-state index contributed by atoms with van der Waals surface area (Å²) in [7, 11) is 2.19. The highest BCUT2D eigenvalue weighted by molar-refractivity contribution is 5.85. The van der Waals surface area contributed by atoms with Crippen molar-refractivity contribution in [2.24, 2.45) is 0 Å². The summed E-state index contributed by atoms with van der Waals surface area (Å²) in [5.74, 6) is 1.03. The highest BCUT2D eigenvalue weighted by Crippen LogP contribution is 2.41. The molecule has 2 atom stereocenters. The predicted molar refractivity (Wildman–Crippen MR) is 141 cm³/mol. The zero-order valence-electron chi connectivity index (χ0n) is 20.0. The summed E-state index contributed by atoms with van der Waals surface area (Å²) in [6.07, 6.45) is 5.34. The van der Waals surface area contributed by atoms with Crippen LogP contribution in [-0.4, -0.2) is 60.3 Å². The molecule has 4 rings (SSSR count). The Balaban J connectivity index is 0.00000193. The normalized spacial score (nSPS) is 20.7. The van der Waals surface area contributed by atoms with Gasteiger partial charge in [-0.05, 0) is 50.1 Å². The molecule has 6 heteroatoms. The minimum absolute atomic E-state index is 0. The minimum Gasteiger partial charge on any atom is -0.486 e. The SMILES string of the molecule is C[C@H](Oc1ccc(C(CN2CCN(C)CC2)C2(O)CCCCC2)cc1)c1ccccc1.Cl.Cl. The van der Waals surface area contributed by atoms with E-state index < -0.39 is 5.60 Å². The molecule has 1 unspecified atom stereocenters. The molecular weight excluding hydrogens is 455 g/mol. The molecule has 184 valence electrons. The zero-order valence-corrected chi connectivity index (χ0v) is 21.6. The number of ether oxygens (including phenoxy) is 1. The van der Waals surface area contributed by atoms with Crippen LogP contribution in [0.15, 0.2) is 54.6 Å². The molecule has 0 spiro atoms. The molecule has 0 bridgehead atoms. The fraction of sp³-hybridized carbons (Fsp3) is 0.556. The van der Waals surface area contributed by atoms with E-state index in [9.17, 15) is 5.11 Å². The maximum Gasteiger partial charge on any atom is 0.121 e. The Morgan fingerprint density at radius 3 is 2.06 bits per heavy atom. The van der Waals surface area contributed by atoms with Crippen molar-refractivity contribution in [1.29, 1.82) is 0 Å². The van der Waals surface area contributed by atoms with Crippen molar-refractivity contribution in [3.63, 3.8) is 0 Å². The molecule has 2 aromatic rings. The number of likely N-dealkylation sites (N-methyl/N-ethyl adjacent to an activating group) is 1. The van der Waals surface area contributed by atoms with Crippen LogP contribution in [0.25, 0.3) is 0 Å². The number of hydrogen-bond acceptors (Lipinski definition) is 4. The quantitative estimate of drug-likeness (QED) is 0.535. The molecule has 0 radical (unpaired) electrons. The van der Waals surface area contributed by atoms with Crippen molar-refractivity contribution in [3.8, 4) is 5.75 Å². The number of aliphatic hydroxyl groups is 1. The molecule has 1 saturated heterocycles. The number of rotatable bonds is 7. The summed E-state index contributed by atoms with van der Waals surface area (Å²) >= 11 is 0. The second-order valence-electron chi connectivity index (χ2n) is 9.56. The minimum atomic E-state index is -0.596. The molecule has 33 heavy (non-hydrogen) atoms. The van der Waals surface area contributed by atoms with Crippen molar-refractivity contribution in [2.75, 3.05) is 39.8 Å². The van der Waals surface area contributed by atoms with Crippen LogP contribution in [-0.2, 0) is 0 Å². The fourth-order valence-corrected chi connectivity index (χ4v) is 5.16. The van der Waals surface area contributed by atoms with Crippen LogP contribution in [0.5, 0.6) is 5.75 Å². The van der Waals surface area contributed by atoms with E-state index in [1.54, 1.807) is 0 Å². The average molecular weight is 496 g/mol. The molecule has 1 aliphatic carbocycles. The van der Waals surface area contributed by atoms with E-state index >= 15 is 0 Å². The van der Waals surface area contributed by atoms with Crippen LogP contribution in [0, 0.1) is 0 Å². The van der Waals surface area contributed by atoms with Crippen LogP contribution in [0.4, 0.5) is 0 Å². The lowest BCUT2D eigenvalue weighted by molar-refractivity contribution is -0.0337. The molecule has 0 amide bonds. The van der Waals surface area contributed by atoms with E-state index in [0.717, 1.165) is 64.2 Å². The third-order valence-electron chi connectivity index (χ3n) is 7.27. The lowest BCUT2D eigenvalue weighted by Gasteiger charge is -2.43. The first-order valence-corrected chi connectivity index (χ1v) is 12.0. The first kappa shape index (κ1) is 27.9. The van der Waals surface area contributed by atoms with Gasteiger partial charge in [0, 0.05) is 38.6 Å². The van der Waals surface area contributed by atoms with Crippen LogP contribution in [0.2, 0.25) is 0 Å². The predicted octanol–water partition coefficient (Wildman–Crippen LogP) is 5.70. The van der Waals surface area contributed by atoms with E-state index in [2.05, 4.69) is 60.2 Å². The molecular formula is C27H40Cl2N2O2. The Bertz CT molecular complexity index is 805. The van der Waals surface area contributed by atoms with Crippen LogP contribution < -0.4 is 4.74 Å². The maximum absolute atomic E-state index is 11.7. The molecule has 2 aliphatic rings. The highest BCUT2D eigenvalue weighted by atomic mass is 35.5. The number of hydrogen-bond donors (Lipinski definition) is 1. The summed E-state index contributed by atoms with van der Waals surface area (Å²) in [4.78, 5) is 4.93. The number of halogens is 2. The summed E-state index contributed by atoms with van der Waals surface area (Å²) in [5, 5.41) is 11.7. The van der Waals surface area contributed by atoms with Gasteiger partial charge in [0.25, 0.3) is 0 Å². The topological polar surface area (TPSA) is 35.9 Å². The Kier molecular flexibility index (Phi) is 11.0. The molecule has 2 fully saturated rings. The number of nitrogens with zero attached hydrogens (tertiary/aromatic N) is 2. The van der Waals surface area contributed by atoms with Gasteiger partial charge < -0.3 is 19.6 Å². The van der Waals surface area contributed by atoms with Crippen molar-refractivity contribution in [3.05, 3.63) is 65.7 Å². The van der Waals surface area contributed by atoms with E-state index in [1.807, 2.05) is 18.2 Å². The third-order valence-corrected chi connectivity index (χ3v) is 7.27. The first-order valence-electron chi connectivity index (χ1n) is 12.0. The van der Waals surface area contributed by atoms with Gasteiger partial charge in [-0.25, -0.2) is 0 Å². The smallest absolute Gasteiger partial charge is 0.121 e. The molecule has 0 aromatic heterocycles. The second kappa shape index (κ2) is 13.0. The fourth-order valence-electron chi connectivity index (χ4n) is 5.16. The van der Waals surface area contributed by atoms with Gasteiger partial charge in [-0.2, -0.15) is 0 Å². The monoisotopic (exact) mass is 494 g/mol. The van der Waals surface area contributed by atoms with E-state index in [0.29, 0.717) is 0 Å². The van der Waals surface area contributed by atoms with Gasteiger partial charge in [0.05, 0.1) is 5.60 Å². The zero-order chi connectivity index (χ0) is 21.7. The van der Waals surface area contributed by atoms with Crippen molar-refractivity contribution >= 4 is 24.8 Å².